The Hall–Kier alpha value is -2.61. The predicted molar refractivity (Wildman–Crippen MR) is 96.2 cm³/mol. The molecular formula is C19H24N4O4. The highest BCUT2D eigenvalue weighted by molar-refractivity contribution is 5.95. The summed E-state index contributed by atoms with van der Waals surface area (Å²) in [6.07, 6.45) is 4.83. The first kappa shape index (κ1) is 17.8. The standard InChI is InChI=1S/C19H24N4O4/c1-2-16-12(9-22-5-3-4-6-22)7-17(27-16)18(24)23-10-14-13(20-11-21-14)8-15(23)19(25)26/h7,11,15H,2-6,8-10H2,1H3,(H,20,21)(H,25,26)/t15-/m0/s1. The smallest absolute Gasteiger partial charge is 0.326 e. The number of aliphatic carboxylic acids is 1. The number of fused-ring (bicyclic) bond motifs is 1. The lowest BCUT2D eigenvalue weighted by atomic mass is 10.0. The zero-order chi connectivity index (χ0) is 19.0. The molecule has 1 fully saturated rings. The summed E-state index contributed by atoms with van der Waals surface area (Å²) >= 11 is 0. The third-order valence-electron chi connectivity index (χ3n) is 5.47. The number of hydrogen-bond donors (Lipinski definition) is 2. The van der Waals surface area contributed by atoms with E-state index in [2.05, 4.69) is 14.9 Å². The Balaban J connectivity index is 1.59. The Bertz CT molecular complexity index is 850. The average Bonchev–Trinajstić information content (AvgIpc) is 3.40. The quantitative estimate of drug-likeness (QED) is 0.830. The predicted octanol–water partition coefficient (Wildman–Crippen LogP) is 1.81. The molecule has 1 atom stereocenters. The summed E-state index contributed by atoms with van der Waals surface area (Å²) in [6, 6.07) is 0.853. The molecule has 2 aromatic heterocycles. The summed E-state index contributed by atoms with van der Waals surface area (Å²) in [5, 5.41) is 9.59. The van der Waals surface area contributed by atoms with Crippen LogP contribution in [0, 0.1) is 0 Å². The maximum Gasteiger partial charge on any atom is 0.326 e. The molecule has 27 heavy (non-hydrogen) atoms. The number of H-pyrrole nitrogens is 1. The van der Waals surface area contributed by atoms with Gasteiger partial charge in [-0.2, -0.15) is 0 Å². The Labute approximate surface area is 157 Å². The van der Waals surface area contributed by atoms with E-state index in [9.17, 15) is 14.7 Å². The lowest BCUT2D eigenvalue weighted by molar-refractivity contribution is -0.142. The van der Waals surface area contributed by atoms with Gasteiger partial charge in [-0.05, 0) is 32.0 Å². The first-order valence-electron chi connectivity index (χ1n) is 9.45. The lowest BCUT2D eigenvalue weighted by Gasteiger charge is -2.31. The number of carbonyl (C=O) groups is 2. The van der Waals surface area contributed by atoms with Crippen LogP contribution in [0.5, 0.6) is 0 Å². The fraction of sp³-hybridized carbons (Fsp3) is 0.526. The third-order valence-corrected chi connectivity index (χ3v) is 5.47. The van der Waals surface area contributed by atoms with E-state index in [1.165, 1.54) is 24.1 Å². The van der Waals surface area contributed by atoms with Gasteiger partial charge in [-0.15, -0.1) is 0 Å². The summed E-state index contributed by atoms with van der Waals surface area (Å²) in [5.74, 6) is -0.395. The van der Waals surface area contributed by atoms with E-state index in [1.807, 2.05) is 6.92 Å². The number of aromatic nitrogens is 2. The van der Waals surface area contributed by atoms with E-state index < -0.39 is 12.0 Å². The van der Waals surface area contributed by atoms with Crippen molar-refractivity contribution < 1.29 is 19.1 Å². The minimum Gasteiger partial charge on any atom is -0.480 e. The van der Waals surface area contributed by atoms with E-state index in [0.29, 0.717) is 12.1 Å². The zero-order valence-electron chi connectivity index (χ0n) is 15.4. The Kier molecular flexibility index (Phi) is 4.73. The van der Waals surface area contributed by atoms with Crippen molar-refractivity contribution in [3.63, 3.8) is 0 Å². The number of nitrogens with one attached hydrogen (secondary N) is 1. The molecule has 2 aliphatic rings. The van der Waals surface area contributed by atoms with Crippen LogP contribution in [0.4, 0.5) is 0 Å². The molecule has 4 rings (SSSR count). The van der Waals surface area contributed by atoms with Crippen molar-refractivity contribution in [3.05, 3.63) is 40.9 Å². The SMILES string of the molecule is CCc1oc(C(=O)N2Cc3[nH]cnc3C[C@H]2C(=O)O)cc1CN1CCCC1. The molecule has 144 valence electrons. The Morgan fingerprint density at radius 3 is 2.85 bits per heavy atom. The van der Waals surface area contributed by atoms with Crippen LogP contribution in [0.25, 0.3) is 0 Å². The monoisotopic (exact) mass is 372 g/mol. The van der Waals surface area contributed by atoms with Crippen LogP contribution < -0.4 is 0 Å². The number of imidazole rings is 1. The van der Waals surface area contributed by atoms with Crippen molar-refractivity contribution in [2.24, 2.45) is 0 Å². The molecule has 0 spiro atoms. The summed E-state index contributed by atoms with van der Waals surface area (Å²) in [5.41, 5.74) is 2.50. The van der Waals surface area contributed by atoms with Gasteiger partial charge in [-0.1, -0.05) is 6.92 Å². The van der Waals surface area contributed by atoms with Gasteiger partial charge in [0.2, 0.25) is 0 Å². The summed E-state index contributed by atoms with van der Waals surface area (Å²) in [7, 11) is 0. The van der Waals surface area contributed by atoms with Crippen LogP contribution >= 0.6 is 0 Å². The first-order chi connectivity index (χ1) is 13.1. The molecular weight excluding hydrogens is 348 g/mol. The highest BCUT2D eigenvalue weighted by atomic mass is 16.4. The number of nitrogens with zero attached hydrogens (tertiary/aromatic N) is 3. The molecule has 4 heterocycles. The molecule has 0 unspecified atom stereocenters. The maximum absolute atomic E-state index is 13.1. The molecule has 0 saturated carbocycles. The number of carboxylic acids is 1. The molecule has 1 saturated heterocycles. The summed E-state index contributed by atoms with van der Waals surface area (Å²) in [6.45, 7) is 5.08. The van der Waals surface area contributed by atoms with Gasteiger partial charge in [0.25, 0.3) is 5.91 Å². The third kappa shape index (κ3) is 3.37. The number of rotatable bonds is 5. The molecule has 0 radical (unpaired) electrons. The normalized spacial score (nSPS) is 20.0. The number of hydrogen-bond acceptors (Lipinski definition) is 5. The molecule has 0 aromatic carbocycles. The van der Waals surface area contributed by atoms with Gasteiger partial charge in [0.05, 0.1) is 24.3 Å². The molecule has 0 aliphatic carbocycles. The van der Waals surface area contributed by atoms with Gasteiger partial charge < -0.3 is 19.4 Å². The summed E-state index contributed by atoms with van der Waals surface area (Å²) in [4.78, 5) is 35.7. The average molecular weight is 372 g/mol. The highest BCUT2D eigenvalue weighted by Gasteiger charge is 2.37. The van der Waals surface area contributed by atoms with Crippen LogP contribution in [-0.2, 0) is 30.7 Å². The van der Waals surface area contributed by atoms with Gasteiger partial charge in [0.15, 0.2) is 5.76 Å². The van der Waals surface area contributed by atoms with Gasteiger partial charge in [-0.25, -0.2) is 9.78 Å². The largest absolute Gasteiger partial charge is 0.480 e. The van der Waals surface area contributed by atoms with Crippen molar-refractivity contribution in [2.45, 2.75) is 51.7 Å². The van der Waals surface area contributed by atoms with Gasteiger partial charge in [0, 0.05) is 24.9 Å². The van der Waals surface area contributed by atoms with Crippen molar-refractivity contribution >= 4 is 11.9 Å². The van der Waals surface area contributed by atoms with Crippen LogP contribution in [-0.4, -0.2) is 55.9 Å². The number of carbonyl (C=O) groups excluding carboxylic acids is 1. The Morgan fingerprint density at radius 1 is 1.37 bits per heavy atom. The van der Waals surface area contributed by atoms with Crippen LogP contribution in [0.15, 0.2) is 16.8 Å². The molecule has 1 amide bonds. The minimum atomic E-state index is -1.03. The van der Waals surface area contributed by atoms with E-state index in [4.69, 9.17) is 4.42 Å². The van der Waals surface area contributed by atoms with Crippen molar-refractivity contribution in [1.82, 2.24) is 19.8 Å². The number of aromatic amines is 1. The van der Waals surface area contributed by atoms with Crippen molar-refractivity contribution in [2.75, 3.05) is 13.1 Å². The second-order valence-corrected chi connectivity index (χ2v) is 7.21. The Morgan fingerprint density at radius 2 is 2.15 bits per heavy atom. The van der Waals surface area contributed by atoms with Crippen LogP contribution in [0.3, 0.4) is 0 Å². The number of likely N-dealkylation sites (tertiary alicyclic amines) is 1. The zero-order valence-corrected chi connectivity index (χ0v) is 15.4. The van der Waals surface area contributed by atoms with E-state index in [0.717, 1.165) is 36.7 Å². The van der Waals surface area contributed by atoms with Crippen LogP contribution in [0.2, 0.25) is 0 Å². The fourth-order valence-electron chi connectivity index (χ4n) is 4.00. The van der Waals surface area contributed by atoms with Crippen LogP contribution in [0.1, 0.15) is 53.0 Å². The number of aryl methyl sites for hydroxylation is 1. The molecule has 2 aliphatic heterocycles. The first-order valence-corrected chi connectivity index (χ1v) is 9.45. The molecule has 2 N–H and O–H groups in total. The molecule has 0 bridgehead atoms. The summed E-state index contributed by atoms with van der Waals surface area (Å²) < 4.78 is 5.85. The lowest BCUT2D eigenvalue weighted by Crippen LogP contribution is -2.48. The molecule has 8 nitrogen and oxygen atoms in total. The second-order valence-electron chi connectivity index (χ2n) is 7.21. The number of carboxylic acid groups (broad SMARTS) is 1. The van der Waals surface area contributed by atoms with E-state index >= 15 is 0 Å². The van der Waals surface area contributed by atoms with E-state index in [1.54, 1.807) is 6.07 Å². The number of furan rings is 1. The highest BCUT2D eigenvalue weighted by Crippen LogP contribution is 2.26. The minimum absolute atomic E-state index is 0.189. The topological polar surface area (TPSA) is 103 Å². The molecule has 8 heteroatoms. The second kappa shape index (κ2) is 7.19. The number of amides is 1. The maximum atomic E-state index is 13.1. The van der Waals surface area contributed by atoms with Crippen molar-refractivity contribution in [3.8, 4) is 0 Å². The van der Waals surface area contributed by atoms with E-state index in [-0.39, 0.29) is 24.6 Å². The van der Waals surface area contributed by atoms with Crippen molar-refractivity contribution in [1.29, 1.82) is 0 Å². The van der Waals surface area contributed by atoms with Gasteiger partial charge >= 0.3 is 5.97 Å². The van der Waals surface area contributed by atoms with Gasteiger partial charge in [-0.3, -0.25) is 9.69 Å². The fourth-order valence-corrected chi connectivity index (χ4v) is 4.00. The molecule has 2 aromatic rings. The van der Waals surface area contributed by atoms with Gasteiger partial charge in [0.1, 0.15) is 11.8 Å².